The topological polar surface area (TPSA) is 28.5 Å². The van der Waals surface area contributed by atoms with Crippen molar-refractivity contribution < 1.29 is 0 Å². The molecule has 5 rings (SSSR count). The van der Waals surface area contributed by atoms with Crippen molar-refractivity contribution in [1.82, 2.24) is 9.88 Å². The van der Waals surface area contributed by atoms with Crippen LogP contribution in [0, 0.1) is 13.8 Å². The molecule has 2 bridgehead atoms. The Hall–Kier alpha value is -2.46. The zero-order chi connectivity index (χ0) is 21.5. The maximum atomic E-state index is 5.01. The molecule has 2 atom stereocenters. The first-order valence-corrected chi connectivity index (χ1v) is 12.3. The summed E-state index contributed by atoms with van der Waals surface area (Å²) in [4.78, 5) is 11.8. The van der Waals surface area contributed by atoms with Crippen molar-refractivity contribution in [3.8, 4) is 11.3 Å². The van der Waals surface area contributed by atoms with E-state index in [2.05, 4.69) is 66.4 Å². The molecule has 3 aromatic rings. The van der Waals surface area contributed by atoms with Gasteiger partial charge in [0.05, 0.1) is 22.7 Å². The van der Waals surface area contributed by atoms with Crippen molar-refractivity contribution in [2.75, 3.05) is 13.6 Å². The van der Waals surface area contributed by atoms with E-state index in [0.29, 0.717) is 0 Å². The van der Waals surface area contributed by atoms with Gasteiger partial charge in [-0.15, -0.1) is 11.3 Å². The van der Waals surface area contributed by atoms with Gasteiger partial charge in [-0.25, -0.2) is 9.98 Å². The fourth-order valence-corrected chi connectivity index (χ4v) is 5.95. The van der Waals surface area contributed by atoms with Gasteiger partial charge in [-0.2, -0.15) is 0 Å². The number of aryl methyl sites for hydroxylation is 2. The predicted octanol–water partition coefficient (Wildman–Crippen LogP) is 6.99. The first-order valence-electron chi connectivity index (χ1n) is 11.4. The molecule has 0 N–H and O–H groups in total. The summed E-state index contributed by atoms with van der Waals surface area (Å²) in [5.74, 6) is 1.61. The molecule has 1 aromatic heterocycles. The molecule has 2 aromatic carbocycles. The summed E-state index contributed by atoms with van der Waals surface area (Å²) in [5, 5.41) is 3.41. The molecular formula is C27H31N3S. The van der Waals surface area contributed by atoms with Crippen molar-refractivity contribution in [2.45, 2.75) is 58.3 Å². The molecule has 160 valence electrons. The summed E-state index contributed by atoms with van der Waals surface area (Å²) in [6, 6.07) is 11.6. The summed E-state index contributed by atoms with van der Waals surface area (Å²) in [7, 11) is 2.05. The summed E-state index contributed by atoms with van der Waals surface area (Å²) >= 11 is 1.78. The zero-order valence-electron chi connectivity index (χ0n) is 19.0. The monoisotopic (exact) mass is 429 g/mol. The van der Waals surface area contributed by atoms with Crippen LogP contribution >= 0.6 is 11.3 Å². The molecule has 0 saturated heterocycles. The Kier molecular flexibility index (Phi) is 5.43. The molecule has 2 aliphatic carbocycles. The highest BCUT2D eigenvalue weighted by Crippen LogP contribution is 2.53. The average molecular weight is 430 g/mol. The van der Waals surface area contributed by atoms with E-state index in [0.717, 1.165) is 36.2 Å². The van der Waals surface area contributed by atoms with E-state index in [1.165, 1.54) is 46.5 Å². The van der Waals surface area contributed by atoms with E-state index >= 15 is 0 Å². The Morgan fingerprint density at radius 1 is 1.10 bits per heavy atom. The van der Waals surface area contributed by atoms with E-state index in [4.69, 9.17) is 4.98 Å². The van der Waals surface area contributed by atoms with Gasteiger partial charge in [-0.3, -0.25) is 0 Å². The second kappa shape index (κ2) is 8.23. The lowest BCUT2D eigenvalue weighted by atomic mass is 9.90. The number of hydrogen-bond donors (Lipinski definition) is 0. The summed E-state index contributed by atoms with van der Waals surface area (Å²) in [6.07, 6.45) is 6.92. The van der Waals surface area contributed by atoms with Crippen LogP contribution in [0.1, 0.15) is 70.8 Å². The molecule has 1 heterocycles. The third-order valence-corrected chi connectivity index (χ3v) is 7.98. The maximum Gasteiger partial charge on any atom is 0.0976 e. The quantitative estimate of drug-likeness (QED) is 0.312. The first-order chi connectivity index (χ1) is 15.0. The molecule has 2 aliphatic rings. The molecule has 2 unspecified atom stereocenters. The van der Waals surface area contributed by atoms with E-state index < -0.39 is 0 Å². The number of aromatic nitrogens is 1. The van der Waals surface area contributed by atoms with Gasteiger partial charge in [-0.1, -0.05) is 18.2 Å². The van der Waals surface area contributed by atoms with Gasteiger partial charge in [0.1, 0.15) is 0 Å². The average Bonchev–Trinajstić information content (AvgIpc) is 3.51. The van der Waals surface area contributed by atoms with Crippen LogP contribution in [0.25, 0.3) is 11.3 Å². The molecule has 31 heavy (non-hydrogen) atoms. The van der Waals surface area contributed by atoms with Crippen molar-refractivity contribution in [3.05, 3.63) is 68.5 Å². The molecule has 3 nitrogen and oxygen atoms in total. The standard InChI is InChI=1S/C27H31N3S/c1-5-30(4)16-28-25-11-17(2)22(10-18(25)3)14-27-29-26(15-31-27)21-8-9-23-19-6-7-20(12-19)24(23)13-21/h8-11,13,15-16,19-20H,5-7,12,14H2,1-4H3. The van der Waals surface area contributed by atoms with Gasteiger partial charge in [0.15, 0.2) is 0 Å². The Labute approximate surface area is 189 Å². The largest absolute Gasteiger partial charge is 0.366 e. The third kappa shape index (κ3) is 3.94. The minimum Gasteiger partial charge on any atom is -0.366 e. The van der Waals surface area contributed by atoms with Gasteiger partial charge >= 0.3 is 0 Å². The summed E-state index contributed by atoms with van der Waals surface area (Å²) in [6.45, 7) is 7.41. The molecule has 4 heteroatoms. The minimum absolute atomic E-state index is 0.793. The Balaban J connectivity index is 1.35. The van der Waals surface area contributed by atoms with E-state index in [9.17, 15) is 0 Å². The summed E-state index contributed by atoms with van der Waals surface area (Å²) < 4.78 is 0. The summed E-state index contributed by atoms with van der Waals surface area (Å²) in [5.41, 5.74) is 10.5. The number of aliphatic imine (C=N–C) groups is 1. The third-order valence-electron chi connectivity index (χ3n) is 7.14. The Morgan fingerprint density at radius 3 is 2.71 bits per heavy atom. The number of benzene rings is 2. The van der Waals surface area contributed by atoms with Gasteiger partial charge in [0, 0.05) is 31.0 Å². The van der Waals surface area contributed by atoms with Crippen LogP contribution in [0.15, 0.2) is 40.7 Å². The predicted molar refractivity (Wildman–Crippen MR) is 132 cm³/mol. The minimum atomic E-state index is 0.793. The fourth-order valence-electron chi connectivity index (χ4n) is 5.13. The number of rotatable bonds is 6. The molecule has 0 radical (unpaired) electrons. The lowest BCUT2D eigenvalue weighted by molar-refractivity contribution is 0.552. The highest BCUT2D eigenvalue weighted by atomic mass is 32.1. The molecule has 1 fully saturated rings. The van der Waals surface area contributed by atoms with E-state index in [-0.39, 0.29) is 0 Å². The zero-order valence-corrected chi connectivity index (χ0v) is 19.8. The molecule has 1 saturated carbocycles. The van der Waals surface area contributed by atoms with Crippen LogP contribution in [0.4, 0.5) is 5.69 Å². The fraction of sp³-hybridized carbons (Fsp3) is 0.407. The molecule has 0 spiro atoms. The Morgan fingerprint density at radius 2 is 1.90 bits per heavy atom. The Bertz CT molecular complexity index is 1140. The van der Waals surface area contributed by atoms with Crippen LogP contribution in [0.3, 0.4) is 0 Å². The van der Waals surface area contributed by atoms with E-state index in [1.807, 2.05) is 13.4 Å². The van der Waals surface area contributed by atoms with Gasteiger partial charge in [0.25, 0.3) is 0 Å². The van der Waals surface area contributed by atoms with Crippen molar-refractivity contribution in [1.29, 1.82) is 0 Å². The van der Waals surface area contributed by atoms with Crippen molar-refractivity contribution in [3.63, 3.8) is 0 Å². The van der Waals surface area contributed by atoms with Crippen molar-refractivity contribution >= 4 is 23.4 Å². The number of thiazole rings is 1. The first kappa shape index (κ1) is 20.4. The number of nitrogens with zero attached hydrogens (tertiary/aromatic N) is 3. The van der Waals surface area contributed by atoms with Crippen LogP contribution < -0.4 is 0 Å². The maximum absolute atomic E-state index is 5.01. The molecular weight excluding hydrogens is 398 g/mol. The van der Waals surface area contributed by atoms with Gasteiger partial charge < -0.3 is 4.90 Å². The lowest BCUT2D eigenvalue weighted by Gasteiger charge is -2.15. The van der Waals surface area contributed by atoms with Crippen LogP contribution in [-0.2, 0) is 6.42 Å². The molecule has 0 aliphatic heterocycles. The number of fused-ring (bicyclic) bond motifs is 5. The lowest BCUT2D eigenvalue weighted by Crippen LogP contribution is -2.14. The SMILES string of the molecule is CCN(C)C=Nc1cc(C)c(Cc2nc(-c3ccc4c(c3)C3CCC4C3)cs2)cc1C. The normalized spacial score (nSPS) is 19.4. The highest BCUT2D eigenvalue weighted by molar-refractivity contribution is 7.10. The van der Waals surface area contributed by atoms with Crippen LogP contribution in [0.5, 0.6) is 0 Å². The highest BCUT2D eigenvalue weighted by Gasteiger charge is 2.36. The molecule has 0 amide bonds. The van der Waals surface area contributed by atoms with Crippen LogP contribution in [-0.4, -0.2) is 29.8 Å². The second-order valence-electron chi connectivity index (χ2n) is 9.24. The van der Waals surface area contributed by atoms with Gasteiger partial charge in [-0.05, 0) is 91.8 Å². The van der Waals surface area contributed by atoms with E-state index in [1.54, 1.807) is 22.5 Å². The second-order valence-corrected chi connectivity index (χ2v) is 10.2. The van der Waals surface area contributed by atoms with Crippen molar-refractivity contribution in [2.24, 2.45) is 4.99 Å². The number of hydrogen-bond acceptors (Lipinski definition) is 3. The van der Waals surface area contributed by atoms with Crippen LogP contribution in [0.2, 0.25) is 0 Å². The van der Waals surface area contributed by atoms with Gasteiger partial charge in [0.2, 0.25) is 0 Å². The smallest absolute Gasteiger partial charge is 0.0976 e.